The van der Waals surface area contributed by atoms with Gasteiger partial charge in [0.15, 0.2) is 0 Å². The van der Waals surface area contributed by atoms with Gasteiger partial charge in [-0.1, -0.05) is 0 Å². The summed E-state index contributed by atoms with van der Waals surface area (Å²) >= 11 is 0. The van der Waals surface area contributed by atoms with E-state index in [0.29, 0.717) is 16.8 Å². The van der Waals surface area contributed by atoms with E-state index in [2.05, 4.69) is 9.97 Å². The quantitative estimate of drug-likeness (QED) is 0.826. The summed E-state index contributed by atoms with van der Waals surface area (Å²) < 4.78 is 0. The van der Waals surface area contributed by atoms with Crippen LogP contribution in [0.5, 0.6) is 0 Å². The Bertz CT molecular complexity index is 616. The van der Waals surface area contributed by atoms with Gasteiger partial charge >= 0.3 is 0 Å². The number of nitriles is 1. The summed E-state index contributed by atoms with van der Waals surface area (Å²) in [5, 5.41) is 8.99. The fourth-order valence-corrected chi connectivity index (χ4v) is 1.51. The number of nitrogens with zero attached hydrogens (tertiary/aromatic N) is 3. The number of amides is 1. The zero-order chi connectivity index (χ0) is 12.3. The number of nitrogens with two attached hydrogens (primary N) is 1. The average Bonchev–Trinajstić information content (AvgIpc) is 2.38. The van der Waals surface area contributed by atoms with Gasteiger partial charge in [0.2, 0.25) is 0 Å². The van der Waals surface area contributed by atoms with E-state index in [-0.39, 0.29) is 5.56 Å². The van der Waals surface area contributed by atoms with E-state index in [4.69, 9.17) is 11.0 Å². The third-order valence-corrected chi connectivity index (χ3v) is 2.27. The van der Waals surface area contributed by atoms with Gasteiger partial charge in [-0.25, -0.2) is 0 Å². The highest BCUT2D eigenvalue weighted by atomic mass is 16.1. The van der Waals surface area contributed by atoms with Crippen molar-refractivity contribution in [3.8, 4) is 17.3 Å². The molecule has 2 N–H and O–H groups in total. The Kier molecular flexibility index (Phi) is 2.79. The maximum atomic E-state index is 11.3. The van der Waals surface area contributed by atoms with E-state index in [1.54, 1.807) is 24.4 Å². The lowest BCUT2D eigenvalue weighted by atomic mass is 10.0. The first-order chi connectivity index (χ1) is 8.24. The number of carbonyl (C=O) groups excluding carboxylic acids is 1. The van der Waals surface area contributed by atoms with Gasteiger partial charge in [-0.15, -0.1) is 0 Å². The van der Waals surface area contributed by atoms with Gasteiger partial charge in [0.25, 0.3) is 5.91 Å². The van der Waals surface area contributed by atoms with Gasteiger partial charge in [-0.2, -0.15) is 5.26 Å². The first-order valence-corrected chi connectivity index (χ1v) is 4.83. The molecule has 0 aliphatic heterocycles. The fourth-order valence-electron chi connectivity index (χ4n) is 1.51. The lowest BCUT2D eigenvalue weighted by Gasteiger charge is -2.06. The maximum absolute atomic E-state index is 11.3. The molecule has 0 atom stereocenters. The molecule has 2 aromatic rings. The number of primary amides is 1. The van der Waals surface area contributed by atoms with Crippen molar-refractivity contribution in [1.82, 2.24) is 9.97 Å². The fraction of sp³-hybridized carbons (Fsp3) is 0. The van der Waals surface area contributed by atoms with Gasteiger partial charge in [-0.3, -0.25) is 14.8 Å². The molecule has 5 nitrogen and oxygen atoms in total. The average molecular weight is 224 g/mol. The van der Waals surface area contributed by atoms with Crippen LogP contribution in [0.15, 0.2) is 36.8 Å². The molecule has 2 rings (SSSR count). The Balaban J connectivity index is 2.69. The molecular formula is C12H8N4O. The van der Waals surface area contributed by atoms with Crippen molar-refractivity contribution >= 4 is 5.91 Å². The van der Waals surface area contributed by atoms with Crippen molar-refractivity contribution in [3.05, 3.63) is 47.9 Å². The van der Waals surface area contributed by atoms with E-state index in [0.717, 1.165) is 0 Å². The van der Waals surface area contributed by atoms with E-state index < -0.39 is 5.91 Å². The molecule has 2 aromatic heterocycles. The Labute approximate surface area is 97.6 Å². The van der Waals surface area contributed by atoms with Crippen molar-refractivity contribution < 1.29 is 4.79 Å². The van der Waals surface area contributed by atoms with Crippen LogP contribution in [0.2, 0.25) is 0 Å². The molecule has 0 fully saturated rings. The second-order valence-electron chi connectivity index (χ2n) is 3.30. The summed E-state index contributed by atoms with van der Waals surface area (Å²) in [6.45, 7) is 0. The zero-order valence-corrected chi connectivity index (χ0v) is 8.79. The van der Waals surface area contributed by atoms with Gasteiger partial charge < -0.3 is 5.73 Å². The Hall–Kier alpha value is -2.74. The highest BCUT2D eigenvalue weighted by molar-refractivity contribution is 5.99. The lowest BCUT2D eigenvalue weighted by Crippen LogP contribution is -2.13. The number of aromatic nitrogens is 2. The van der Waals surface area contributed by atoms with E-state index in [1.807, 2.05) is 6.07 Å². The Morgan fingerprint density at radius 1 is 1.35 bits per heavy atom. The van der Waals surface area contributed by atoms with Crippen LogP contribution in [-0.2, 0) is 0 Å². The SMILES string of the molecule is N#Cc1cccnc1-c1ccncc1C(N)=O. The smallest absolute Gasteiger partial charge is 0.250 e. The minimum absolute atomic E-state index is 0.253. The van der Waals surface area contributed by atoms with Crippen LogP contribution in [-0.4, -0.2) is 15.9 Å². The van der Waals surface area contributed by atoms with Crippen LogP contribution in [0, 0.1) is 11.3 Å². The summed E-state index contributed by atoms with van der Waals surface area (Å²) in [4.78, 5) is 19.2. The Morgan fingerprint density at radius 2 is 2.18 bits per heavy atom. The van der Waals surface area contributed by atoms with Crippen LogP contribution in [0.1, 0.15) is 15.9 Å². The number of carbonyl (C=O) groups is 1. The van der Waals surface area contributed by atoms with E-state index >= 15 is 0 Å². The molecule has 2 heterocycles. The van der Waals surface area contributed by atoms with Crippen molar-refractivity contribution in [2.24, 2.45) is 5.73 Å². The van der Waals surface area contributed by atoms with Crippen molar-refractivity contribution in [1.29, 1.82) is 5.26 Å². The number of hydrogen-bond donors (Lipinski definition) is 1. The number of hydrogen-bond acceptors (Lipinski definition) is 4. The molecule has 0 bridgehead atoms. The molecule has 0 unspecified atom stereocenters. The highest BCUT2D eigenvalue weighted by Crippen LogP contribution is 2.23. The van der Waals surface area contributed by atoms with Gasteiger partial charge in [0.1, 0.15) is 6.07 Å². The largest absolute Gasteiger partial charge is 0.366 e. The van der Waals surface area contributed by atoms with Crippen LogP contribution < -0.4 is 5.73 Å². The van der Waals surface area contributed by atoms with Crippen molar-refractivity contribution in [2.75, 3.05) is 0 Å². The standard InChI is InChI=1S/C12H8N4O/c13-6-8-2-1-4-16-11(8)9-3-5-15-7-10(9)12(14)17/h1-5,7H,(H2,14,17). The molecule has 0 radical (unpaired) electrons. The van der Waals surface area contributed by atoms with E-state index in [1.165, 1.54) is 12.4 Å². The topological polar surface area (TPSA) is 92.7 Å². The first-order valence-electron chi connectivity index (χ1n) is 4.83. The molecular weight excluding hydrogens is 216 g/mol. The van der Waals surface area contributed by atoms with Gasteiger partial charge in [0.05, 0.1) is 16.8 Å². The predicted molar refractivity (Wildman–Crippen MR) is 60.7 cm³/mol. The van der Waals surface area contributed by atoms with Crippen LogP contribution in [0.4, 0.5) is 0 Å². The van der Waals surface area contributed by atoms with E-state index in [9.17, 15) is 4.79 Å². The summed E-state index contributed by atoms with van der Waals surface area (Å²) in [5.41, 5.74) is 6.85. The maximum Gasteiger partial charge on any atom is 0.250 e. The molecule has 1 amide bonds. The molecule has 0 spiro atoms. The predicted octanol–water partition coefficient (Wildman–Crippen LogP) is 1.11. The second kappa shape index (κ2) is 4.41. The Morgan fingerprint density at radius 3 is 2.88 bits per heavy atom. The minimum atomic E-state index is -0.595. The highest BCUT2D eigenvalue weighted by Gasteiger charge is 2.13. The summed E-state index contributed by atoms with van der Waals surface area (Å²) in [5.74, 6) is -0.595. The molecule has 0 saturated carbocycles. The number of pyridine rings is 2. The summed E-state index contributed by atoms with van der Waals surface area (Å²) in [7, 11) is 0. The minimum Gasteiger partial charge on any atom is -0.366 e. The number of rotatable bonds is 2. The normalized spacial score (nSPS) is 9.59. The van der Waals surface area contributed by atoms with Crippen LogP contribution >= 0.6 is 0 Å². The summed E-state index contributed by atoms with van der Waals surface area (Å²) in [6, 6.07) is 6.93. The van der Waals surface area contributed by atoms with Crippen LogP contribution in [0.25, 0.3) is 11.3 Å². The monoisotopic (exact) mass is 224 g/mol. The van der Waals surface area contributed by atoms with Gasteiger partial charge in [-0.05, 0) is 18.2 Å². The lowest BCUT2D eigenvalue weighted by molar-refractivity contribution is 0.100. The molecule has 0 aliphatic rings. The van der Waals surface area contributed by atoms with Crippen molar-refractivity contribution in [2.45, 2.75) is 0 Å². The third kappa shape index (κ3) is 1.96. The first kappa shape index (κ1) is 10.8. The molecule has 5 heteroatoms. The zero-order valence-electron chi connectivity index (χ0n) is 8.79. The molecule has 0 aromatic carbocycles. The summed E-state index contributed by atoms with van der Waals surface area (Å²) in [6.07, 6.45) is 4.45. The molecule has 0 aliphatic carbocycles. The molecule has 17 heavy (non-hydrogen) atoms. The third-order valence-electron chi connectivity index (χ3n) is 2.27. The molecule has 82 valence electrons. The van der Waals surface area contributed by atoms with Crippen molar-refractivity contribution in [3.63, 3.8) is 0 Å². The second-order valence-corrected chi connectivity index (χ2v) is 3.30. The van der Waals surface area contributed by atoms with Crippen LogP contribution in [0.3, 0.4) is 0 Å². The van der Waals surface area contributed by atoms with Gasteiger partial charge in [0, 0.05) is 24.2 Å². The molecule has 0 saturated heterocycles.